The highest BCUT2D eigenvalue weighted by Gasteiger charge is 2.14. The van der Waals surface area contributed by atoms with Crippen LogP contribution < -0.4 is 0 Å². The molecular formula is C17H18N2. The normalized spacial score (nSPS) is 11.4. The van der Waals surface area contributed by atoms with E-state index in [9.17, 15) is 0 Å². The van der Waals surface area contributed by atoms with Crippen LogP contribution in [0.2, 0.25) is 0 Å². The Hall–Kier alpha value is -2.09. The summed E-state index contributed by atoms with van der Waals surface area (Å²) in [6, 6.07) is 17.2. The smallest absolute Gasteiger partial charge is 0.141 e. The van der Waals surface area contributed by atoms with E-state index in [-0.39, 0.29) is 0 Å². The van der Waals surface area contributed by atoms with Gasteiger partial charge in [0.1, 0.15) is 5.82 Å². The molecule has 0 amide bonds. The summed E-state index contributed by atoms with van der Waals surface area (Å²) in [5.74, 6) is 1.05. The number of fused-ring (bicyclic) bond motifs is 1. The van der Waals surface area contributed by atoms with E-state index in [1.54, 1.807) is 0 Å². The molecule has 0 atom stereocenters. The summed E-state index contributed by atoms with van der Waals surface area (Å²) in [6.07, 6.45) is 0. The van der Waals surface area contributed by atoms with Crippen molar-refractivity contribution in [1.82, 2.24) is 9.55 Å². The van der Waals surface area contributed by atoms with Gasteiger partial charge in [-0.25, -0.2) is 4.98 Å². The molecule has 0 bridgehead atoms. The molecular weight excluding hydrogens is 232 g/mol. The fourth-order valence-electron chi connectivity index (χ4n) is 2.52. The molecule has 3 rings (SSSR count). The van der Waals surface area contributed by atoms with Crippen molar-refractivity contribution < 1.29 is 0 Å². The minimum atomic E-state index is 0.391. The molecule has 0 aliphatic carbocycles. The van der Waals surface area contributed by atoms with Crippen LogP contribution in [0, 0.1) is 6.92 Å². The average molecular weight is 250 g/mol. The second-order valence-electron chi connectivity index (χ2n) is 5.26. The van der Waals surface area contributed by atoms with Gasteiger partial charge in [0.25, 0.3) is 0 Å². The van der Waals surface area contributed by atoms with E-state index < -0.39 is 0 Å². The second kappa shape index (κ2) is 4.54. The lowest BCUT2D eigenvalue weighted by Crippen LogP contribution is -2.03. The maximum absolute atomic E-state index is 4.81. The largest absolute Gasteiger partial charge is 0.321 e. The molecule has 0 radical (unpaired) electrons. The van der Waals surface area contributed by atoms with Crippen LogP contribution >= 0.6 is 0 Å². The number of rotatable bonds is 2. The van der Waals surface area contributed by atoms with Gasteiger partial charge >= 0.3 is 0 Å². The Balaban J connectivity index is 2.33. The lowest BCUT2D eigenvalue weighted by Gasteiger charge is -2.13. The third-order valence-electron chi connectivity index (χ3n) is 3.39. The first-order valence-corrected chi connectivity index (χ1v) is 6.71. The highest BCUT2D eigenvalue weighted by atomic mass is 15.1. The van der Waals surface area contributed by atoms with Gasteiger partial charge < -0.3 is 4.57 Å². The van der Waals surface area contributed by atoms with Crippen LogP contribution in [0.25, 0.3) is 22.4 Å². The zero-order valence-electron chi connectivity index (χ0n) is 11.6. The molecule has 96 valence electrons. The van der Waals surface area contributed by atoms with Crippen LogP contribution in [-0.2, 0) is 0 Å². The maximum Gasteiger partial charge on any atom is 0.141 e. The van der Waals surface area contributed by atoms with Crippen LogP contribution in [0.1, 0.15) is 25.5 Å². The highest BCUT2D eigenvalue weighted by molar-refractivity contribution is 5.81. The van der Waals surface area contributed by atoms with Crippen molar-refractivity contribution in [1.29, 1.82) is 0 Å². The minimum Gasteiger partial charge on any atom is -0.321 e. The van der Waals surface area contributed by atoms with E-state index in [1.165, 1.54) is 16.6 Å². The first-order chi connectivity index (χ1) is 9.16. The zero-order valence-corrected chi connectivity index (χ0v) is 11.6. The number of nitrogens with zero attached hydrogens (tertiary/aromatic N) is 2. The lowest BCUT2D eigenvalue weighted by molar-refractivity contribution is 0.624. The molecule has 3 aromatic rings. The van der Waals surface area contributed by atoms with Crippen LogP contribution in [0.5, 0.6) is 0 Å². The Bertz CT molecular complexity index is 709. The first kappa shape index (κ1) is 12.0. The van der Waals surface area contributed by atoms with Gasteiger partial charge in [-0.2, -0.15) is 0 Å². The van der Waals surface area contributed by atoms with Gasteiger partial charge in [-0.15, -0.1) is 0 Å². The molecule has 0 N–H and O–H groups in total. The van der Waals surface area contributed by atoms with E-state index in [0.29, 0.717) is 6.04 Å². The van der Waals surface area contributed by atoms with Crippen LogP contribution in [-0.4, -0.2) is 9.55 Å². The van der Waals surface area contributed by atoms with Crippen molar-refractivity contribution in [2.45, 2.75) is 26.8 Å². The van der Waals surface area contributed by atoms with Gasteiger partial charge in [-0.1, -0.05) is 36.4 Å². The summed E-state index contributed by atoms with van der Waals surface area (Å²) in [6.45, 7) is 6.53. The molecule has 0 spiro atoms. The minimum absolute atomic E-state index is 0.391. The van der Waals surface area contributed by atoms with Gasteiger partial charge in [0.05, 0.1) is 11.0 Å². The van der Waals surface area contributed by atoms with Crippen molar-refractivity contribution in [2.75, 3.05) is 0 Å². The van der Waals surface area contributed by atoms with Crippen molar-refractivity contribution in [3.63, 3.8) is 0 Å². The molecule has 2 aromatic carbocycles. The predicted molar refractivity (Wildman–Crippen MR) is 80.3 cm³/mol. The SMILES string of the molecule is Cc1ccc2nc(-c3ccccc3)n(C(C)C)c2c1. The highest BCUT2D eigenvalue weighted by Crippen LogP contribution is 2.28. The fourth-order valence-corrected chi connectivity index (χ4v) is 2.52. The number of benzene rings is 2. The molecule has 0 unspecified atom stereocenters. The molecule has 1 aromatic heterocycles. The molecule has 0 aliphatic rings. The Morgan fingerprint density at radius 2 is 1.74 bits per heavy atom. The molecule has 1 heterocycles. The maximum atomic E-state index is 4.81. The molecule has 0 aliphatic heterocycles. The predicted octanol–water partition coefficient (Wildman–Crippen LogP) is 4.59. The molecule has 2 heteroatoms. The third-order valence-corrected chi connectivity index (χ3v) is 3.39. The lowest BCUT2D eigenvalue weighted by atomic mass is 10.2. The van der Waals surface area contributed by atoms with Crippen molar-refractivity contribution in [3.8, 4) is 11.4 Å². The third kappa shape index (κ3) is 2.03. The Morgan fingerprint density at radius 3 is 2.42 bits per heavy atom. The first-order valence-electron chi connectivity index (χ1n) is 6.71. The Morgan fingerprint density at radius 1 is 1.00 bits per heavy atom. The van der Waals surface area contributed by atoms with E-state index >= 15 is 0 Å². The number of hydrogen-bond acceptors (Lipinski definition) is 1. The van der Waals surface area contributed by atoms with Gasteiger partial charge in [-0.3, -0.25) is 0 Å². The standard InChI is InChI=1S/C17H18N2/c1-12(2)19-16-11-13(3)9-10-15(16)18-17(19)14-7-5-4-6-8-14/h4-12H,1-3H3. The summed E-state index contributed by atoms with van der Waals surface area (Å²) >= 11 is 0. The van der Waals surface area contributed by atoms with Gasteiger partial charge in [0.15, 0.2) is 0 Å². The summed E-state index contributed by atoms with van der Waals surface area (Å²) in [4.78, 5) is 4.81. The molecule has 0 saturated heterocycles. The van der Waals surface area contributed by atoms with Crippen LogP contribution in [0.4, 0.5) is 0 Å². The average Bonchev–Trinajstić information content (AvgIpc) is 2.78. The summed E-state index contributed by atoms with van der Waals surface area (Å²) < 4.78 is 2.32. The fraction of sp³-hybridized carbons (Fsp3) is 0.235. The topological polar surface area (TPSA) is 17.8 Å². The Kier molecular flexibility index (Phi) is 2.86. The molecule has 0 fully saturated rings. The van der Waals surface area contributed by atoms with Gasteiger partial charge in [0, 0.05) is 11.6 Å². The number of aryl methyl sites for hydroxylation is 1. The van der Waals surface area contributed by atoms with E-state index in [0.717, 1.165) is 11.3 Å². The number of aromatic nitrogens is 2. The van der Waals surface area contributed by atoms with Crippen molar-refractivity contribution >= 4 is 11.0 Å². The number of imidazole rings is 1. The van der Waals surface area contributed by atoms with Crippen molar-refractivity contribution in [3.05, 3.63) is 54.1 Å². The molecule has 0 saturated carbocycles. The molecule has 2 nitrogen and oxygen atoms in total. The summed E-state index contributed by atoms with van der Waals surface area (Å²) in [7, 11) is 0. The van der Waals surface area contributed by atoms with Gasteiger partial charge in [-0.05, 0) is 38.5 Å². The zero-order chi connectivity index (χ0) is 13.4. The van der Waals surface area contributed by atoms with Gasteiger partial charge in [0.2, 0.25) is 0 Å². The van der Waals surface area contributed by atoms with Crippen LogP contribution in [0.3, 0.4) is 0 Å². The van der Waals surface area contributed by atoms with Crippen molar-refractivity contribution in [2.24, 2.45) is 0 Å². The number of hydrogen-bond donors (Lipinski definition) is 0. The van der Waals surface area contributed by atoms with E-state index in [4.69, 9.17) is 4.98 Å². The second-order valence-corrected chi connectivity index (χ2v) is 5.26. The van der Waals surface area contributed by atoms with E-state index in [2.05, 4.69) is 67.8 Å². The summed E-state index contributed by atoms with van der Waals surface area (Å²) in [5.41, 5.74) is 4.73. The quantitative estimate of drug-likeness (QED) is 0.650. The molecule has 19 heavy (non-hydrogen) atoms. The monoisotopic (exact) mass is 250 g/mol. The van der Waals surface area contributed by atoms with E-state index in [1.807, 2.05) is 6.07 Å². The van der Waals surface area contributed by atoms with Crippen LogP contribution in [0.15, 0.2) is 48.5 Å². The summed E-state index contributed by atoms with van der Waals surface area (Å²) in [5, 5.41) is 0. The Labute approximate surface area is 113 Å².